The molecule has 4 aromatic heterocycles. The smallest absolute Gasteiger partial charge is 1.00 e. The van der Waals surface area contributed by atoms with Gasteiger partial charge < -0.3 is 70.6 Å². The number of halogens is 2. The summed E-state index contributed by atoms with van der Waals surface area (Å²) in [6, 6.07) is 65.4. The van der Waals surface area contributed by atoms with E-state index in [4.69, 9.17) is 29.0 Å². The monoisotopic (exact) mass is 1960 g/mol. The van der Waals surface area contributed by atoms with Crippen LogP contribution in [0, 0.1) is 11.6 Å². The predicted molar refractivity (Wildman–Crippen MR) is 455 cm³/mol. The molecule has 618 valence electrons. The van der Waals surface area contributed by atoms with Crippen LogP contribution >= 0.6 is 43.2 Å². The number of benzene rings is 8. The summed E-state index contributed by atoms with van der Waals surface area (Å²) in [7, 11) is 9.53. The van der Waals surface area contributed by atoms with E-state index < -0.39 is 35.9 Å². The quantitative estimate of drug-likeness (QED) is 0.00519. The second-order valence-corrected chi connectivity index (χ2v) is 32.5. The Hall–Kier alpha value is -8.58. The maximum absolute atomic E-state index is 15.1. The molecule has 12 aromatic rings. The molecule has 0 atom stereocenters. The van der Waals surface area contributed by atoms with E-state index in [1.807, 2.05) is 138 Å². The van der Waals surface area contributed by atoms with Crippen molar-refractivity contribution in [3.05, 3.63) is 286 Å². The molecule has 2 aliphatic heterocycles. The number of aromatic nitrogens is 4. The summed E-state index contributed by atoms with van der Waals surface area (Å²) in [5.41, 5.74) is 18.2. The number of carbonyl (C=O) groups excluding carboxylic acids is 8. The number of amides is 6. The number of rotatable bonds is 25. The van der Waals surface area contributed by atoms with Gasteiger partial charge in [-0.3, -0.25) is 24.5 Å². The average Bonchev–Trinajstić information content (AvgIpc) is 1.58. The van der Waals surface area contributed by atoms with Crippen molar-refractivity contribution in [3.63, 3.8) is 0 Å². The third-order valence-corrected chi connectivity index (χ3v) is 24.3. The molecule has 16 rings (SSSR count). The normalized spacial score (nSPS) is 12.3. The zero-order valence-corrected chi connectivity index (χ0v) is 83.0. The molecular formula is C89H82Cs2F2N10O15S4. The maximum atomic E-state index is 15.1. The molecule has 0 radical (unpaired) electrons. The topological polar surface area (TPSA) is 316 Å². The zero-order chi connectivity index (χ0) is 84.0. The molecule has 0 bridgehead atoms. The summed E-state index contributed by atoms with van der Waals surface area (Å²) in [5.74, 6) is -0.892. The summed E-state index contributed by atoms with van der Waals surface area (Å²) in [6.45, 7) is 3.42. The van der Waals surface area contributed by atoms with E-state index in [0.717, 1.165) is 71.3 Å². The van der Waals surface area contributed by atoms with Gasteiger partial charge in [0, 0.05) is 105 Å². The first kappa shape index (κ1) is 94.1. The van der Waals surface area contributed by atoms with Gasteiger partial charge >= 0.3 is 168 Å². The zero-order valence-electron chi connectivity index (χ0n) is 68.2. The van der Waals surface area contributed by atoms with Gasteiger partial charge in [-0.15, -0.1) is 0 Å². The van der Waals surface area contributed by atoms with Crippen molar-refractivity contribution in [1.82, 2.24) is 50.6 Å². The van der Waals surface area contributed by atoms with E-state index in [2.05, 4.69) is 94.4 Å². The molecule has 0 fully saturated rings. The van der Waals surface area contributed by atoms with Crippen LogP contribution in [-0.4, -0.2) is 150 Å². The maximum Gasteiger partial charge on any atom is 1.00 e. The SMILES string of the molecule is CC(=O)OCNC(=O)OCCSSc1ccccn1.CN(Cc1ccc(-c2[nH]c3cc(F)cc4c3c2CCNC4=O)cc1)C(=O)OCC1c2ccccc2-c2ccccc21.CN(Cc1ccc(-c2c3c4c(cc(F)cc4n2CNC(=O)OCCSSc2ccccn2)C(=O)NCC3)cc1)C(=O)OCC1c2ccccc2-c2ccccc21.O=CO[O-].[Cs+].[Cs+].[H-]. The van der Waals surface area contributed by atoms with E-state index in [1.54, 1.807) is 47.1 Å². The van der Waals surface area contributed by atoms with Gasteiger partial charge in [-0.2, -0.15) is 0 Å². The van der Waals surface area contributed by atoms with E-state index in [9.17, 15) is 38.0 Å². The van der Waals surface area contributed by atoms with Gasteiger partial charge in [0.05, 0.1) is 29.0 Å². The van der Waals surface area contributed by atoms with Gasteiger partial charge in [-0.1, -0.05) is 179 Å². The predicted octanol–water partition coefficient (Wildman–Crippen LogP) is 9.90. The number of carbonyl (C=O) groups is 8. The number of nitrogens with one attached hydrogen (secondary N) is 5. The van der Waals surface area contributed by atoms with Crippen molar-refractivity contribution in [3.8, 4) is 44.8 Å². The molecule has 25 nitrogen and oxygen atoms in total. The second-order valence-electron chi connectivity index (χ2n) is 27.6. The molecule has 8 aromatic carbocycles. The van der Waals surface area contributed by atoms with Crippen LogP contribution in [0.5, 0.6) is 0 Å². The minimum Gasteiger partial charge on any atom is -1.00 e. The fourth-order valence-electron chi connectivity index (χ4n) is 14.7. The van der Waals surface area contributed by atoms with Crippen LogP contribution in [0.2, 0.25) is 0 Å². The van der Waals surface area contributed by atoms with Gasteiger partial charge in [0.2, 0.25) is 0 Å². The number of hydrogen-bond acceptors (Lipinski definition) is 21. The summed E-state index contributed by atoms with van der Waals surface area (Å²) in [5, 5.41) is 22.5. The second kappa shape index (κ2) is 46.4. The third kappa shape index (κ3) is 24.1. The first-order valence-corrected chi connectivity index (χ1v) is 42.7. The number of fused-ring (bicyclic) bond motifs is 6. The number of ether oxygens (including phenoxy) is 5. The molecule has 0 saturated carbocycles. The van der Waals surface area contributed by atoms with E-state index >= 15 is 4.39 Å². The Kier molecular flexibility index (Phi) is 35.8. The molecular weight excluding hydrogens is 1880 g/mol. The van der Waals surface area contributed by atoms with Crippen molar-refractivity contribution in [2.24, 2.45) is 0 Å². The summed E-state index contributed by atoms with van der Waals surface area (Å²) in [4.78, 5) is 112. The molecule has 122 heavy (non-hydrogen) atoms. The molecule has 0 spiro atoms. The van der Waals surface area contributed by atoms with Crippen molar-refractivity contribution >= 4 is 114 Å². The van der Waals surface area contributed by atoms with Crippen LogP contribution in [0.4, 0.5) is 28.0 Å². The Morgan fingerprint density at radius 3 is 1.44 bits per heavy atom. The molecule has 5 N–H and O–H groups in total. The number of hydrogen-bond donors (Lipinski definition) is 5. The summed E-state index contributed by atoms with van der Waals surface area (Å²) >= 11 is 0. The Morgan fingerprint density at radius 1 is 0.549 bits per heavy atom. The van der Waals surface area contributed by atoms with Crippen LogP contribution < -0.4 is 164 Å². The van der Waals surface area contributed by atoms with Gasteiger partial charge in [0.15, 0.2) is 6.73 Å². The molecule has 33 heteroatoms. The van der Waals surface area contributed by atoms with Crippen LogP contribution in [0.15, 0.2) is 229 Å². The number of alkyl carbamates (subject to hydrolysis) is 2. The van der Waals surface area contributed by atoms with Gasteiger partial charge in [0.25, 0.3) is 18.3 Å². The number of aromatic amines is 1. The standard InChI is InChI=1S/C43H38FN5O5S2.C34H28FN3O3.C11H14N2O4S2.CH2O3.2Cs.H/c1-48(43(52)54-25-36-32-10-4-2-8-30(32)31-9-3-5-11-33(31)36)24-27-13-15-28(16-14-27)40-34-17-19-46-41(50)35-22-29(44)23-37(39(34)35)49(40)26-47-42(51)53-20-21-55-56-38-12-6-7-18-45-38;1-38(34(40)41-19-29-25-8-4-2-6-23(25)24-7-3-5-9-26(24)29)18-20-10-12-21(13-11-20)32-27-14-15-36-33(39)28-16-22(35)17-30(37-32)31(27)28;1-9(14)17-8-13-11(15)16-6-7-18-19-10-4-2-3-5-12-10;2-1-4-3;;;/h2-16,18,22-23,36H,17,19-21,24-26H2,1H3,(H,46,50)(H,47,51);2-13,16-17,29,37H,14-15,18-19H2,1H3,(H,36,39);2-5H,6-8H2,1H3,(H,13,15);1,3H;;;/q;;;;2*+1;-1/p-1. The van der Waals surface area contributed by atoms with E-state index in [-0.39, 0.29) is 221 Å². The number of nitrogens with zero attached hydrogens (tertiary/aromatic N) is 5. The largest absolute Gasteiger partial charge is 1.00 e. The molecule has 0 unspecified atom stereocenters. The van der Waals surface area contributed by atoms with Crippen molar-refractivity contribution in [2.45, 2.75) is 61.4 Å². The number of pyridine rings is 2. The molecule has 6 amide bonds. The van der Waals surface area contributed by atoms with Crippen LogP contribution in [-0.2, 0) is 70.8 Å². The first-order chi connectivity index (χ1) is 58.4. The molecule has 2 aliphatic carbocycles. The molecule has 6 heterocycles. The summed E-state index contributed by atoms with van der Waals surface area (Å²) in [6.07, 6.45) is 2.58. The minimum atomic E-state index is -0.615. The summed E-state index contributed by atoms with van der Waals surface area (Å²) < 4.78 is 57.6. The Morgan fingerprint density at radius 2 is 0.984 bits per heavy atom. The minimum absolute atomic E-state index is 0. The molecule has 0 saturated heterocycles. The van der Waals surface area contributed by atoms with Crippen LogP contribution in [0.1, 0.15) is 85.4 Å². The number of H-pyrrole nitrogens is 1. The number of esters is 1. The van der Waals surface area contributed by atoms with E-state index in [1.165, 1.54) is 97.0 Å². The van der Waals surface area contributed by atoms with Gasteiger partial charge in [-0.25, -0.2) is 37.9 Å². The van der Waals surface area contributed by atoms with Crippen LogP contribution in [0.3, 0.4) is 0 Å². The fourth-order valence-corrected chi connectivity index (χ4v) is 18.1. The fraction of sp³-hybridized carbons (Fsp3) is 0.213. The van der Waals surface area contributed by atoms with E-state index in [0.29, 0.717) is 72.5 Å². The Bertz CT molecular complexity index is 5630. The average molecular weight is 1960 g/mol. The first-order valence-electron chi connectivity index (χ1n) is 38.1. The Balaban J connectivity index is 0.000000207. The van der Waals surface area contributed by atoms with Crippen molar-refractivity contribution in [2.75, 3.05) is 71.8 Å². The molecule has 4 aliphatic rings. The Labute approximate surface area is 836 Å². The van der Waals surface area contributed by atoms with Crippen LogP contribution in [0.25, 0.3) is 66.6 Å². The van der Waals surface area contributed by atoms with Crippen molar-refractivity contribution in [1.29, 1.82) is 0 Å². The van der Waals surface area contributed by atoms with Crippen molar-refractivity contribution < 1.29 is 220 Å². The van der Waals surface area contributed by atoms with Gasteiger partial charge in [-0.05, 0) is 161 Å². The third-order valence-electron chi connectivity index (χ3n) is 19.9. The van der Waals surface area contributed by atoms with Gasteiger partial charge in [0.1, 0.15) is 48.1 Å².